The van der Waals surface area contributed by atoms with Gasteiger partial charge >= 0.3 is 0 Å². The summed E-state index contributed by atoms with van der Waals surface area (Å²) in [7, 11) is 1.61. The molecule has 0 bridgehead atoms. The number of hydrogen-bond acceptors (Lipinski definition) is 6. The van der Waals surface area contributed by atoms with E-state index in [9.17, 15) is 0 Å². The van der Waals surface area contributed by atoms with Crippen LogP contribution in [0.15, 0.2) is 42.5 Å². The van der Waals surface area contributed by atoms with Crippen molar-refractivity contribution < 1.29 is 9.47 Å². The number of aromatic nitrogens is 4. The molecule has 0 radical (unpaired) electrons. The second-order valence-corrected chi connectivity index (χ2v) is 5.39. The number of aromatic amines is 1. The zero-order chi connectivity index (χ0) is 16.8. The second kappa shape index (κ2) is 7.65. The number of tetrazole rings is 1. The molecule has 0 amide bonds. The molecule has 1 aromatic heterocycles. The summed E-state index contributed by atoms with van der Waals surface area (Å²) in [4.78, 5) is 0. The minimum Gasteiger partial charge on any atom is -0.493 e. The Morgan fingerprint density at radius 3 is 2.71 bits per heavy atom. The third-order valence-corrected chi connectivity index (χ3v) is 3.61. The average molecular weight is 346 g/mol. The lowest BCUT2D eigenvalue weighted by Gasteiger charge is -2.15. The number of nitrogens with zero attached hydrogens (tertiary/aromatic N) is 3. The van der Waals surface area contributed by atoms with Crippen LogP contribution in [-0.2, 0) is 13.2 Å². The molecule has 7 nitrogen and oxygen atoms in total. The highest BCUT2D eigenvalue weighted by molar-refractivity contribution is 6.30. The number of hydrogen-bond donors (Lipinski definition) is 2. The van der Waals surface area contributed by atoms with E-state index < -0.39 is 0 Å². The number of anilines is 1. The number of halogens is 1. The maximum Gasteiger partial charge on any atom is 0.263 e. The maximum atomic E-state index is 5.98. The Morgan fingerprint density at radius 2 is 2.00 bits per heavy atom. The summed E-state index contributed by atoms with van der Waals surface area (Å²) in [5.41, 5.74) is 1.94. The van der Waals surface area contributed by atoms with Crippen molar-refractivity contribution in [2.45, 2.75) is 13.2 Å². The monoisotopic (exact) mass is 345 g/mol. The molecule has 2 N–H and O–H groups in total. The molecule has 0 fully saturated rings. The predicted molar refractivity (Wildman–Crippen MR) is 90.3 cm³/mol. The molecule has 3 aromatic rings. The number of benzene rings is 2. The molecule has 0 saturated carbocycles. The van der Waals surface area contributed by atoms with Crippen LogP contribution in [0.3, 0.4) is 0 Å². The van der Waals surface area contributed by atoms with E-state index >= 15 is 0 Å². The van der Waals surface area contributed by atoms with E-state index in [1.165, 1.54) is 0 Å². The molecule has 0 unspecified atom stereocenters. The molecule has 0 aliphatic heterocycles. The van der Waals surface area contributed by atoms with Crippen LogP contribution in [0.2, 0.25) is 5.02 Å². The van der Waals surface area contributed by atoms with Crippen LogP contribution in [0.4, 0.5) is 5.95 Å². The summed E-state index contributed by atoms with van der Waals surface area (Å²) < 4.78 is 11.4. The first-order valence-corrected chi connectivity index (χ1v) is 7.64. The van der Waals surface area contributed by atoms with Gasteiger partial charge in [0.05, 0.1) is 7.11 Å². The third-order valence-electron chi connectivity index (χ3n) is 3.36. The summed E-state index contributed by atoms with van der Waals surface area (Å²) in [6.07, 6.45) is 0. The van der Waals surface area contributed by atoms with Gasteiger partial charge in [0.2, 0.25) is 0 Å². The van der Waals surface area contributed by atoms with E-state index in [1.54, 1.807) is 7.11 Å². The third kappa shape index (κ3) is 3.94. The number of para-hydroxylation sites is 1. The lowest BCUT2D eigenvalue weighted by molar-refractivity contribution is 0.281. The highest BCUT2D eigenvalue weighted by Gasteiger charge is 2.11. The Kier molecular flexibility index (Phi) is 5.12. The van der Waals surface area contributed by atoms with E-state index in [2.05, 4.69) is 25.9 Å². The molecule has 3 rings (SSSR count). The maximum absolute atomic E-state index is 5.98. The lowest BCUT2D eigenvalue weighted by atomic mass is 10.1. The van der Waals surface area contributed by atoms with Gasteiger partial charge in [0.15, 0.2) is 11.5 Å². The summed E-state index contributed by atoms with van der Waals surface area (Å²) in [6, 6.07) is 13.2. The van der Waals surface area contributed by atoms with Crippen molar-refractivity contribution in [3.63, 3.8) is 0 Å². The molecule has 0 aliphatic rings. The van der Waals surface area contributed by atoms with Gasteiger partial charge in [-0.25, -0.2) is 0 Å². The fourth-order valence-electron chi connectivity index (χ4n) is 2.17. The summed E-state index contributed by atoms with van der Waals surface area (Å²) in [6.45, 7) is 0.888. The first-order valence-electron chi connectivity index (χ1n) is 7.26. The summed E-state index contributed by atoms with van der Waals surface area (Å²) in [5.74, 6) is 1.75. The fourth-order valence-corrected chi connectivity index (χ4v) is 2.30. The van der Waals surface area contributed by atoms with Gasteiger partial charge in [-0.1, -0.05) is 41.0 Å². The van der Waals surface area contributed by atoms with Crippen LogP contribution in [0.25, 0.3) is 0 Å². The Bertz CT molecular complexity index is 778. The van der Waals surface area contributed by atoms with Gasteiger partial charge < -0.3 is 14.8 Å². The molecule has 0 atom stereocenters. The van der Waals surface area contributed by atoms with Gasteiger partial charge in [0.25, 0.3) is 5.95 Å². The van der Waals surface area contributed by atoms with E-state index in [0.29, 0.717) is 35.6 Å². The van der Waals surface area contributed by atoms with Gasteiger partial charge in [0.1, 0.15) is 6.61 Å². The summed E-state index contributed by atoms with van der Waals surface area (Å²) >= 11 is 5.90. The minimum absolute atomic E-state index is 0.409. The molecule has 24 heavy (non-hydrogen) atoms. The molecule has 124 valence electrons. The quantitative estimate of drug-likeness (QED) is 0.684. The number of nitrogens with one attached hydrogen (secondary N) is 2. The van der Waals surface area contributed by atoms with E-state index in [4.69, 9.17) is 21.1 Å². The van der Waals surface area contributed by atoms with Gasteiger partial charge in [-0.05, 0) is 29.0 Å². The highest BCUT2D eigenvalue weighted by Crippen LogP contribution is 2.32. The Hall–Kier alpha value is -2.80. The number of rotatable bonds is 7. The first-order chi connectivity index (χ1) is 11.8. The minimum atomic E-state index is 0.409. The van der Waals surface area contributed by atoms with Crippen molar-refractivity contribution in [3.05, 3.63) is 58.6 Å². The average Bonchev–Trinajstić information content (AvgIpc) is 3.13. The molecule has 0 saturated heterocycles. The van der Waals surface area contributed by atoms with E-state index in [0.717, 1.165) is 11.1 Å². The van der Waals surface area contributed by atoms with Gasteiger partial charge in [-0.15, -0.1) is 5.10 Å². The molecule has 2 aromatic carbocycles. The van der Waals surface area contributed by atoms with E-state index in [-0.39, 0.29) is 0 Å². The Labute approximate surface area is 143 Å². The van der Waals surface area contributed by atoms with Crippen molar-refractivity contribution in [1.82, 2.24) is 20.6 Å². The number of methoxy groups -OCH3 is 1. The Balaban J connectivity index is 1.75. The smallest absolute Gasteiger partial charge is 0.263 e. The lowest BCUT2D eigenvalue weighted by Crippen LogP contribution is -2.06. The first kappa shape index (κ1) is 16.1. The predicted octanol–water partition coefficient (Wildman–Crippen LogP) is 3.05. The molecular formula is C16H16ClN5O2. The van der Waals surface area contributed by atoms with Crippen LogP contribution in [0.5, 0.6) is 11.5 Å². The van der Waals surface area contributed by atoms with Crippen LogP contribution in [-0.4, -0.2) is 27.7 Å². The standard InChI is InChI=1S/C16H16ClN5O2/c1-23-14-4-2-3-12(9-18-16-19-21-22-20-16)15(14)24-10-11-5-7-13(17)8-6-11/h2-8H,9-10H2,1H3,(H2,18,19,20,21,22). The van der Waals surface area contributed by atoms with Crippen LogP contribution < -0.4 is 14.8 Å². The number of H-pyrrole nitrogens is 1. The SMILES string of the molecule is COc1cccc(CNc2nn[nH]n2)c1OCc1ccc(Cl)cc1. The summed E-state index contributed by atoms with van der Waals surface area (Å²) in [5, 5.41) is 17.4. The largest absolute Gasteiger partial charge is 0.493 e. The normalized spacial score (nSPS) is 10.4. The van der Waals surface area contributed by atoms with Gasteiger partial charge in [-0.3, -0.25) is 0 Å². The van der Waals surface area contributed by atoms with Crippen molar-refractivity contribution in [1.29, 1.82) is 0 Å². The van der Waals surface area contributed by atoms with Crippen molar-refractivity contribution in [3.8, 4) is 11.5 Å². The van der Waals surface area contributed by atoms with Gasteiger partial charge in [0, 0.05) is 17.1 Å². The zero-order valence-electron chi connectivity index (χ0n) is 13.0. The molecule has 8 heteroatoms. The zero-order valence-corrected chi connectivity index (χ0v) is 13.7. The molecular weight excluding hydrogens is 330 g/mol. The molecule has 0 spiro atoms. The van der Waals surface area contributed by atoms with Gasteiger partial charge in [-0.2, -0.15) is 5.21 Å². The van der Waals surface area contributed by atoms with Crippen molar-refractivity contribution in [2.75, 3.05) is 12.4 Å². The highest BCUT2D eigenvalue weighted by atomic mass is 35.5. The topological polar surface area (TPSA) is 85.0 Å². The number of ether oxygens (including phenoxy) is 2. The second-order valence-electron chi connectivity index (χ2n) is 4.95. The molecule has 0 aliphatic carbocycles. The Morgan fingerprint density at radius 1 is 1.17 bits per heavy atom. The molecule has 1 heterocycles. The van der Waals surface area contributed by atoms with Crippen molar-refractivity contribution in [2.24, 2.45) is 0 Å². The van der Waals surface area contributed by atoms with Crippen molar-refractivity contribution >= 4 is 17.5 Å². The van der Waals surface area contributed by atoms with Crippen LogP contribution in [0, 0.1) is 0 Å². The van der Waals surface area contributed by atoms with E-state index in [1.807, 2.05) is 42.5 Å². The van der Waals surface area contributed by atoms with Crippen LogP contribution >= 0.6 is 11.6 Å². The fraction of sp³-hybridized carbons (Fsp3) is 0.188. The van der Waals surface area contributed by atoms with Crippen LogP contribution in [0.1, 0.15) is 11.1 Å².